The molecule has 118 valence electrons. The molecule has 0 spiro atoms. The van der Waals surface area contributed by atoms with Crippen LogP contribution in [0.5, 0.6) is 11.5 Å². The van der Waals surface area contributed by atoms with Crippen LogP contribution in [0.2, 0.25) is 5.02 Å². The van der Waals surface area contributed by atoms with Crippen molar-refractivity contribution in [2.24, 2.45) is 0 Å². The van der Waals surface area contributed by atoms with Crippen LogP contribution in [0.4, 0.5) is 0 Å². The van der Waals surface area contributed by atoms with Crippen LogP contribution >= 0.6 is 11.6 Å². The number of fused-ring (bicyclic) bond motifs is 2. The highest BCUT2D eigenvalue weighted by molar-refractivity contribution is 6.30. The van der Waals surface area contributed by atoms with Gasteiger partial charge in [0.1, 0.15) is 0 Å². The maximum absolute atomic E-state index is 12.3. The molecule has 4 rings (SSSR count). The minimum absolute atomic E-state index is 0.0108. The maximum Gasteiger partial charge on any atom is 0.231 e. The lowest BCUT2D eigenvalue weighted by molar-refractivity contribution is -0.121. The van der Waals surface area contributed by atoms with Gasteiger partial charge in [0.15, 0.2) is 11.5 Å². The van der Waals surface area contributed by atoms with Crippen LogP contribution < -0.4 is 14.8 Å². The summed E-state index contributed by atoms with van der Waals surface area (Å²) in [5.41, 5.74) is 3.32. The summed E-state index contributed by atoms with van der Waals surface area (Å²) >= 11 is 6.02. The molecule has 1 aliphatic carbocycles. The molecule has 1 atom stereocenters. The molecule has 2 aromatic rings. The van der Waals surface area contributed by atoms with E-state index in [4.69, 9.17) is 21.1 Å². The van der Waals surface area contributed by atoms with Crippen LogP contribution in [0.15, 0.2) is 36.4 Å². The van der Waals surface area contributed by atoms with E-state index >= 15 is 0 Å². The number of hydrogen-bond donors (Lipinski definition) is 1. The summed E-state index contributed by atoms with van der Waals surface area (Å²) in [4.78, 5) is 12.3. The first-order valence-electron chi connectivity index (χ1n) is 7.65. The number of nitrogens with one attached hydrogen (secondary N) is 1. The van der Waals surface area contributed by atoms with Crippen molar-refractivity contribution in [3.63, 3.8) is 0 Å². The van der Waals surface area contributed by atoms with Crippen molar-refractivity contribution in [3.05, 3.63) is 58.1 Å². The van der Waals surface area contributed by atoms with Crippen LogP contribution in [0.1, 0.15) is 29.2 Å². The lowest BCUT2D eigenvalue weighted by atomic mass is 10.1. The van der Waals surface area contributed by atoms with Gasteiger partial charge in [0.05, 0.1) is 12.5 Å². The molecule has 1 unspecified atom stereocenters. The van der Waals surface area contributed by atoms with Gasteiger partial charge in [-0.1, -0.05) is 23.7 Å². The summed E-state index contributed by atoms with van der Waals surface area (Å²) in [7, 11) is 0. The molecule has 0 bridgehead atoms. The molecular weight excluding hydrogens is 314 g/mol. The molecule has 1 amide bonds. The molecule has 5 heteroatoms. The van der Waals surface area contributed by atoms with Gasteiger partial charge in [-0.25, -0.2) is 0 Å². The molecule has 0 fully saturated rings. The van der Waals surface area contributed by atoms with Gasteiger partial charge in [0.25, 0.3) is 0 Å². The topological polar surface area (TPSA) is 47.6 Å². The highest BCUT2D eigenvalue weighted by atomic mass is 35.5. The van der Waals surface area contributed by atoms with Crippen molar-refractivity contribution in [3.8, 4) is 11.5 Å². The third kappa shape index (κ3) is 2.86. The monoisotopic (exact) mass is 329 g/mol. The van der Waals surface area contributed by atoms with Gasteiger partial charge >= 0.3 is 0 Å². The van der Waals surface area contributed by atoms with E-state index in [0.29, 0.717) is 12.2 Å². The van der Waals surface area contributed by atoms with Crippen LogP contribution in [-0.2, 0) is 17.6 Å². The van der Waals surface area contributed by atoms with Crippen molar-refractivity contribution in [1.82, 2.24) is 5.32 Å². The van der Waals surface area contributed by atoms with E-state index in [9.17, 15) is 4.79 Å². The van der Waals surface area contributed by atoms with E-state index in [0.717, 1.165) is 29.2 Å². The van der Waals surface area contributed by atoms with Gasteiger partial charge < -0.3 is 14.8 Å². The molecule has 2 aromatic carbocycles. The molecule has 0 radical (unpaired) electrons. The summed E-state index contributed by atoms with van der Waals surface area (Å²) < 4.78 is 10.6. The Kier molecular flexibility index (Phi) is 3.62. The summed E-state index contributed by atoms with van der Waals surface area (Å²) in [6.45, 7) is 0.242. The second kappa shape index (κ2) is 5.78. The zero-order chi connectivity index (χ0) is 15.8. The Morgan fingerprint density at radius 1 is 1.17 bits per heavy atom. The fourth-order valence-corrected chi connectivity index (χ4v) is 3.41. The second-order valence-corrected chi connectivity index (χ2v) is 6.30. The van der Waals surface area contributed by atoms with E-state index in [1.54, 1.807) is 0 Å². The maximum atomic E-state index is 12.3. The number of rotatable bonds is 3. The predicted octanol–water partition coefficient (Wildman–Crippen LogP) is 3.41. The number of carbonyl (C=O) groups is 1. The van der Waals surface area contributed by atoms with E-state index in [2.05, 4.69) is 5.32 Å². The lowest BCUT2D eigenvalue weighted by Crippen LogP contribution is -2.28. The van der Waals surface area contributed by atoms with Crippen LogP contribution in [0, 0.1) is 0 Å². The second-order valence-electron chi connectivity index (χ2n) is 5.87. The molecule has 1 heterocycles. The molecule has 0 aromatic heterocycles. The SMILES string of the molecule is O=C(Cc1ccc2c(c1)OCO2)NC1CCc2cc(Cl)ccc21. The first-order valence-corrected chi connectivity index (χ1v) is 8.03. The van der Waals surface area contributed by atoms with Crippen LogP contribution in [0.25, 0.3) is 0 Å². The summed E-state index contributed by atoms with van der Waals surface area (Å²) in [6.07, 6.45) is 2.20. The smallest absolute Gasteiger partial charge is 0.231 e. The number of benzene rings is 2. The largest absolute Gasteiger partial charge is 0.454 e. The van der Waals surface area contributed by atoms with Gasteiger partial charge in [-0.2, -0.15) is 0 Å². The zero-order valence-electron chi connectivity index (χ0n) is 12.5. The number of carbonyl (C=O) groups excluding carboxylic acids is 1. The highest BCUT2D eigenvalue weighted by Gasteiger charge is 2.24. The van der Waals surface area contributed by atoms with Gasteiger partial charge in [0.2, 0.25) is 12.7 Å². The minimum Gasteiger partial charge on any atom is -0.454 e. The Morgan fingerprint density at radius 3 is 2.96 bits per heavy atom. The fourth-order valence-electron chi connectivity index (χ4n) is 3.22. The van der Waals surface area contributed by atoms with Crippen LogP contribution in [-0.4, -0.2) is 12.7 Å². The van der Waals surface area contributed by atoms with E-state index in [1.165, 1.54) is 11.1 Å². The normalized spacial score (nSPS) is 17.9. The molecule has 23 heavy (non-hydrogen) atoms. The summed E-state index contributed by atoms with van der Waals surface area (Å²) in [5.74, 6) is 1.45. The fraction of sp³-hybridized carbons (Fsp3) is 0.278. The molecule has 1 aliphatic heterocycles. The van der Waals surface area contributed by atoms with Gasteiger partial charge in [-0.3, -0.25) is 4.79 Å². The molecular formula is C18H16ClNO3. The average molecular weight is 330 g/mol. The standard InChI is InChI=1S/C18H16ClNO3/c19-13-3-4-14-12(9-13)2-5-15(14)20-18(21)8-11-1-6-16-17(7-11)23-10-22-16/h1,3-4,6-7,9,15H,2,5,8,10H2,(H,20,21). The zero-order valence-corrected chi connectivity index (χ0v) is 13.2. The Balaban J connectivity index is 1.43. The lowest BCUT2D eigenvalue weighted by Gasteiger charge is -2.14. The molecule has 0 saturated heterocycles. The Morgan fingerprint density at radius 2 is 2.04 bits per heavy atom. The number of ether oxygens (including phenoxy) is 2. The Hall–Kier alpha value is -2.20. The first kappa shape index (κ1) is 14.4. The third-order valence-corrected chi connectivity index (χ3v) is 4.55. The third-order valence-electron chi connectivity index (χ3n) is 4.32. The number of halogens is 1. The Bertz CT molecular complexity index is 775. The number of amides is 1. The van der Waals surface area contributed by atoms with Crippen molar-refractivity contribution in [2.45, 2.75) is 25.3 Å². The Labute approximate surface area is 139 Å². The number of hydrogen-bond acceptors (Lipinski definition) is 3. The first-order chi connectivity index (χ1) is 11.2. The van der Waals surface area contributed by atoms with E-state index in [-0.39, 0.29) is 18.7 Å². The molecule has 4 nitrogen and oxygen atoms in total. The number of aryl methyl sites for hydroxylation is 1. The van der Waals surface area contributed by atoms with Gasteiger partial charge in [-0.05, 0) is 53.8 Å². The van der Waals surface area contributed by atoms with Crippen molar-refractivity contribution < 1.29 is 14.3 Å². The molecule has 0 saturated carbocycles. The van der Waals surface area contributed by atoms with E-state index < -0.39 is 0 Å². The van der Waals surface area contributed by atoms with Gasteiger partial charge in [-0.15, -0.1) is 0 Å². The van der Waals surface area contributed by atoms with Crippen molar-refractivity contribution in [1.29, 1.82) is 0 Å². The van der Waals surface area contributed by atoms with Crippen molar-refractivity contribution >= 4 is 17.5 Å². The molecule has 1 N–H and O–H groups in total. The average Bonchev–Trinajstić information content (AvgIpc) is 3.13. The summed E-state index contributed by atoms with van der Waals surface area (Å²) in [5, 5.41) is 3.86. The summed E-state index contributed by atoms with van der Waals surface area (Å²) in [6, 6.07) is 11.6. The predicted molar refractivity (Wildman–Crippen MR) is 86.9 cm³/mol. The minimum atomic E-state index is 0.0108. The van der Waals surface area contributed by atoms with Crippen LogP contribution in [0.3, 0.4) is 0 Å². The highest BCUT2D eigenvalue weighted by Crippen LogP contribution is 2.34. The molecule has 2 aliphatic rings. The quantitative estimate of drug-likeness (QED) is 0.938. The van der Waals surface area contributed by atoms with Crippen molar-refractivity contribution in [2.75, 3.05) is 6.79 Å². The van der Waals surface area contributed by atoms with E-state index in [1.807, 2.05) is 36.4 Å². The van der Waals surface area contributed by atoms with Gasteiger partial charge in [0, 0.05) is 5.02 Å².